The summed E-state index contributed by atoms with van der Waals surface area (Å²) in [5, 5.41) is 0. The van der Waals surface area contributed by atoms with Gasteiger partial charge in [0.15, 0.2) is 0 Å². The van der Waals surface area contributed by atoms with Gasteiger partial charge in [-0.05, 0) is 31.0 Å². The molecule has 0 atom stereocenters. The smallest absolute Gasteiger partial charge is 0.243 e. The van der Waals surface area contributed by atoms with E-state index in [0.717, 1.165) is 12.8 Å². The molecule has 0 aliphatic carbocycles. The molecule has 102 valence electrons. The standard InChI is InChI=1S/C13H22N2O2S/c1-4-6-10-15(5-2)18(16,17)13-9-7-8-12(14)11(13)3/h7-9H,4-6,10,14H2,1-3H3. The molecular weight excluding hydrogens is 248 g/mol. The van der Waals surface area contributed by atoms with Gasteiger partial charge >= 0.3 is 0 Å². The monoisotopic (exact) mass is 270 g/mol. The summed E-state index contributed by atoms with van der Waals surface area (Å²) in [4.78, 5) is 0.320. The molecule has 0 amide bonds. The van der Waals surface area contributed by atoms with Crippen LogP contribution >= 0.6 is 0 Å². The Morgan fingerprint density at radius 1 is 1.28 bits per heavy atom. The maximum Gasteiger partial charge on any atom is 0.243 e. The fourth-order valence-corrected chi connectivity index (χ4v) is 3.58. The average Bonchev–Trinajstić information content (AvgIpc) is 2.33. The van der Waals surface area contributed by atoms with E-state index in [1.807, 2.05) is 13.8 Å². The highest BCUT2D eigenvalue weighted by molar-refractivity contribution is 7.89. The molecular formula is C13H22N2O2S. The van der Waals surface area contributed by atoms with Crippen molar-refractivity contribution >= 4 is 15.7 Å². The first-order valence-electron chi connectivity index (χ1n) is 6.30. The molecule has 0 aliphatic rings. The summed E-state index contributed by atoms with van der Waals surface area (Å²) in [6.07, 6.45) is 1.84. The molecule has 0 heterocycles. The van der Waals surface area contributed by atoms with Gasteiger partial charge in [0.2, 0.25) is 10.0 Å². The minimum Gasteiger partial charge on any atom is -0.398 e. The van der Waals surface area contributed by atoms with Crippen LogP contribution in [0.5, 0.6) is 0 Å². The van der Waals surface area contributed by atoms with Gasteiger partial charge in [-0.15, -0.1) is 0 Å². The summed E-state index contributed by atoms with van der Waals surface area (Å²) in [6, 6.07) is 5.02. The van der Waals surface area contributed by atoms with E-state index in [2.05, 4.69) is 0 Å². The molecule has 4 nitrogen and oxygen atoms in total. The number of benzene rings is 1. The molecule has 0 saturated carbocycles. The van der Waals surface area contributed by atoms with E-state index in [1.165, 1.54) is 4.31 Å². The summed E-state index contributed by atoms with van der Waals surface area (Å²) in [6.45, 7) is 6.69. The molecule has 1 aromatic carbocycles. The molecule has 0 fully saturated rings. The average molecular weight is 270 g/mol. The molecule has 0 bridgehead atoms. The van der Waals surface area contributed by atoms with E-state index in [4.69, 9.17) is 5.73 Å². The number of nitrogens with two attached hydrogens (primary N) is 1. The van der Waals surface area contributed by atoms with Crippen LogP contribution in [0.3, 0.4) is 0 Å². The van der Waals surface area contributed by atoms with Crippen molar-refractivity contribution < 1.29 is 8.42 Å². The lowest BCUT2D eigenvalue weighted by atomic mass is 10.2. The van der Waals surface area contributed by atoms with Crippen LogP contribution in [0.1, 0.15) is 32.3 Å². The van der Waals surface area contributed by atoms with Crippen molar-refractivity contribution in [2.75, 3.05) is 18.8 Å². The Labute approximate surface area is 110 Å². The topological polar surface area (TPSA) is 63.4 Å². The Bertz CT molecular complexity index is 498. The van der Waals surface area contributed by atoms with Crippen molar-refractivity contribution in [2.45, 2.75) is 38.5 Å². The minimum atomic E-state index is -3.42. The highest BCUT2D eigenvalue weighted by Gasteiger charge is 2.24. The van der Waals surface area contributed by atoms with Crippen molar-refractivity contribution in [1.82, 2.24) is 4.31 Å². The van der Waals surface area contributed by atoms with Crippen LogP contribution in [0.2, 0.25) is 0 Å². The minimum absolute atomic E-state index is 0.320. The third-order valence-corrected chi connectivity index (χ3v) is 5.18. The highest BCUT2D eigenvalue weighted by Crippen LogP contribution is 2.24. The van der Waals surface area contributed by atoms with E-state index >= 15 is 0 Å². The van der Waals surface area contributed by atoms with Gasteiger partial charge in [0.05, 0.1) is 4.90 Å². The Morgan fingerprint density at radius 3 is 2.50 bits per heavy atom. The second-order valence-corrected chi connectivity index (χ2v) is 6.23. The molecule has 0 spiro atoms. The van der Waals surface area contributed by atoms with Crippen molar-refractivity contribution in [1.29, 1.82) is 0 Å². The van der Waals surface area contributed by atoms with Gasteiger partial charge in [-0.1, -0.05) is 26.3 Å². The van der Waals surface area contributed by atoms with Crippen LogP contribution in [0.4, 0.5) is 5.69 Å². The SMILES string of the molecule is CCCCN(CC)S(=O)(=O)c1cccc(N)c1C. The van der Waals surface area contributed by atoms with Crippen LogP contribution in [-0.2, 0) is 10.0 Å². The maximum atomic E-state index is 12.5. The lowest BCUT2D eigenvalue weighted by Crippen LogP contribution is -2.32. The Balaban J connectivity index is 3.15. The van der Waals surface area contributed by atoms with E-state index in [1.54, 1.807) is 25.1 Å². The Kier molecular flexibility index (Phi) is 5.16. The van der Waals surface area contributed by atoms with E-state index < -0.39 is 10.0 Å². The fourth-order valence-electron chi connectivity index (χ4n) is 1.83. The van der Waals surface area contributed by atoms with E-state index in [9.17, 15) is 8.42 Å². The molecule has 18 heavy (non-hydrogen) atoms. The van der Waals surface area contributed by atoms with E-state index in [-0.39, 0.29) is 0 Å². The van der Waals surface area contributed by atoms with E-state index in [0.29, 0.717) is 29.2 Å². The maximum absolute atomic E-state index is 12.5. The Hall–Kier alpha value is -1.07. The predicted octanol–water partition coefficient (Wildman–Crippen LogP) is 2.39. The summed E-state index contributed by atoms with van der Waals surface area (Å²) in [7, 11) is -3.42. The Morgan fingerprint density at radius 2 is 1.94 bits per heavy atom. The van der Waals surface area contributed by atoms with Crippen LogP contribution in [0, 0.1) is 6.92 Å². The molecule has 0 saturated heterocycles. The van der Waals surface area contributed by atoms with Crippen molar-refractivity contribution in [3.63, 3.8) is 0 Å². The third-order valence-electron chi connectivity index (χ3n) is 3.06. The number of anilines is 1. The number of unbranched alkanes of at least 4 members (excludes halogenated alkanes) is 1. The molecule has 1 aromatic rings. The zero-order valence-electron chi connectivity index (χ0n) is 11.3. The van der Waals surface area contributed by atoms with Gasteiger partial charge in [-0.3, -0.25) is 0 Å². The van der Waals surface area contributed by atoms with Crippen molar-refractivity contribution in [2.24, 2.45) is 0 Å². The third kappa shape index (κ3) is 3.03. The number of hydrogen-bond acceptors (Lipinski definition) is 3. The van der Waals surface area contributed by atoms with Gasteiger partial charge in [0.1, 0.15) is 0 Å². The first-order chi connectivity index (χ1) is 8.45. The number of nitrogen functional groups attached to an aromatic ring is 1. The van der Waals surface area contributed by atoms with Gasteiger partial charge in [0.25, 0.3) is 0 Å². The highest BCUT2D eigenvalue weighted by atomic mass is 32.2. The molecule has 1 rings (SSSR count). The van der Waals surface area contributed by atoms with Crippen LogP contribution in [-0.4, -0.2) is 25.8 Å². The number of sulfonamides is 1. The van der Waals surface area contributed by atoms with Gasteiger partial charge in [-0.25, -0.2) is 8.42 Å². The first kappa shape index (κ1) is 15.0. The summed E-state index contributed by atoms with van der Waals surface area (Å²) in [5.41, 5.74) is 6.92. The van der Waals surface area contributed by atoms with Gasteiger partial charge in [-0.2, -0.15) is 4.31 Å². The quantitative estimate of drug-likeness (QED) is 0.807. The van der Waals surface area contributed by atoms with Gasteiger partial charge in [0, 0.05) is 18.8 Å². The molecule has 5 heteroatoms. The first-order valence-corrected chi connectivity index (χ1v) is 7.74. The molecule has 0 radical (unpaired) electrons. The molecule has 2 N–H and O–H groups in total. The lowest BCUT2D eigenvalue weighted by molar-refractivity contribution is 0.418. The predicted molar refractivity (Wildman–Crippen MR) is 74.9 cm³/mol. The number of nitrogens with zero attached hydrogens (tertiary/aromatic N) is 1. The largest absolute Gasteiger partial charge is 0.398 e. The van der Waals surface area contributed by atoms with Crippen LogP contribution in [0.25, 0.3) is 0 Å². The van der Waals surface area contributed by atoms with Crippen molar-refractivity contribution in [3.8, 4) is 0 Å². The molecule has 0 aliphatic heterocycles. The summed E-state index contributed by atoms with van der Waals surface area (Å²) < 4.78 is 26.5. The lowest BCUT2D eigenvalue weighted by Gasteiger charge is -2.21. The van der Waals surface area contributed by atoms with Crippen LogP contribution < -0.4 is 5.73 Å². The normalized spacial score (nSPS) is 12.0. The second kappa shape index (κ2) is 6.20. The number of hydrogen-bond donors (Lipinski definition) is 1. The fraction of sp³-hybridized carbons (Fsp3) is 0.538. The van der Waals surface area contributed by atoms with Gasteiger partial charge < -0.3 is 5.73 Å². The zero-order valence-corrected chi connectivity index (χ0v) is 12.1. The molecule has 0 unspecified atom stereocenters. The molecule has 0 aromatic heterocycles. The zero-order chi connectivity index (χ0) is 13.8. The summed E-state index contributed by atoms with van der Waals surface area (Å²) in [5.74, 6) is 0. The van der Waals surface area contributed by atoms with Crippen LogP contribution in [0.15, 0.2) is 23.1 Å². The summed E-state index contributed by atoms with van der Waals surface area (Å²) >= 11 is 0. The second-order valence-electron chi connectivity index (χ2n) is 4.32. The number of rotatable bonds is 6. The van der Waals surface area contributed by atoms with Crippen molar-refractivity contribution in [3.05, 3.63) is 23.8 Å².